The molecule has 0 aliphatic heterocycles. The van der Waals surface area contributed by atoms with Crippen LogP contribution in [0.2, 0.25) is 0 Å². The smallest absolute Gasteiger partial charge is 0.338 e. The van der Waals surface area contributed by atoms with Gasteiger partial charge in [0.15, 0.2) is 0 Å². The van der Waals surface area contributed by atoms with E-state index < -0.39 is 0 Å². The van der Waals surface area contributed by atoms with Crippen molar-refractivity contribution in [2.45, 2.75) is 13.3 Å². The van der Waals surface area contributed by atoms with E-state index in [9.17, 15) is 4.79 Å². The van der Waals surface area contributed by atoms with Crippen LogP contribution in [-0.2, 0) is 11.2 Å². The molecule has 1 heterocycles. The van der Waals surface area contributed by atoms with Crippen molar-refractivity contribution in [1.82, 2.24) is 4.98 Å². The molecule has 1 aromatic carbocycles. The predicted molar refractivity (Wildman–Crippen MR) is 75.8 cm³/mol. The van der Waals surface area contributed by atoms with Crippen LogP contribution in [0.25, 0.3) is 0 Å². The lowest BCUT2D eigenvalue weighted by molar-refractivity contribution is 0.0526. The molecule has 0 saturated heterocycles. The van der Waals surface area contributed by atoms with Crippen LogP contribution in [0, 0.1) is 0 Å². The molecule has 4 nitrogen and oxygen atoms in total. The van der Waals surface area contributed by atoms with Crippen LogP contribution >= 0.6 is 0 Å². The van der Waals surface area contributed by atoms with Gasteiger partial charge in [0, 0.05) is 18.3 Å². The average Bonchev–Trinajstić information content (AvgIpc) is 2.49. The lowest BCUT2D eigenvalue weighted by atomic mass is 10.2. The van der Waals surface area contributed by atoms with E-state index >= 15 is 0 Å². The normalized spacial score (nSPS) is 10.1. The predicted octanol–water partition coefficient (Wildman–Crippen LogP) is 2.88. The number of esters is 1. The Morgan fingerprint density at radius 2 is 1.95 bits per heavy atom. The van der Waals surface area contributed by atoms with E-state index in [0.717, 1.165) is 17.9 Å². The highest BCUT2D eigenvalue weighted by molar-refractivity contribution is 5.89. The van der Waals surface area contributed by atoms with Crippen LogP contribution in [-0.4, -0.2) is 24.2 Å². The zero-order valence-electron chi connectivity index (χ0n) is 11.4. The molecule has 0 atom stereocenters. The third kappa shape index (κ3) is 4.09. The monoisotopic (exact) mass is 271 g/mol. The SMILES string of the molecule is CCOC(=O)c1ccc(OCCc2ccccn2)cc1. The summed E-state index contributed by atoms with van der Waals surface area (Å²) in [6.07, 6.45) is 2.52. The van der Waals surface area contributed by atoms with E-state index in [1.165, 1.54) is 0 Å². The molecule has 0 saturated carbocycles. The second-order valence-electron chi connectivity index (χ2n) is 4.16. The number of aromatic nitrogens is 1. The van der Waals surface area contributed by atoms with Gasteiger partial charge in [0.2, 0.25) is 0 Å². The minimum absolute atomic E-state index is 0.312. The van der Waals surface area contributed by atoms with Crippen molar-refractivity contribution in [2.75, 3.05) is 13.2 Å². The van der Waals surface area contributed by atoms with Gasteiger partial charge in [0.05, 0.1) is 18.8 Å². The standard InChI is InChI=1S/C16H17NO3/c1-2-19-16(18)13-6-8-15(9-7-13)20-12-10-14-5-3-4-11-17-14/h3-9,11H,2,10,12H2,1H3. The maximum atomic E-state index is 11.5. The molecule has 2 aromatic rings. The highest BCUT2D eigenvalue weighted by Gasteiger charge is 2.05. The van der Waals surface area contributed by atoms with Crippen LogP contribution in [0.15, 0.2) is 48.7 Å². The molecule has 0 amide bonds. The van der Waals surface area contributed by atoms with Gasteiger partial charge >= 0.3 is 5.97 Å². The Labute approximate surface area is 118 Å². The Hall–Kier alpha value is -2.36. The van der Waals surface area contributed by atoms with Gasteiger partial charge in [-0.3, -0.25) is 4.98 Å². The van der Waals surface area contributed by atoms with E-state index in [2.05, 4.69) is 4.98 Å². The number of benzene rings is 1. The summed E-state index contributed by atoms with van der Waals surface area (Å²) < 4.78 is 10.5. The number of carbonyl (C=O) groups excluding carboxylic acids is 1. The molecule has 104 valence electrons. The van der Waals surface area contributed by atoms with Crippen LogP contribution in [0.5, 0.6) is 5.75 Å². The number of nitrogens with zero attached hydrogens (tertiary/aromatic N) is 1. The van der Waals surface area contributed by atoms with Gasteiger partial charge in [-0.15, -0.1) is 0 Å². The fourth-order valence-corrected chi connectivity index (χ4v) is 1.72. The van der Waals surface area contributed by atoms with Crippen LogP contribution < -0.4 is 4.74 Å². The summed E-state index contributed by atoms with van der Waals surface area (Å²) in [5.41, 5.74) is 1.53. The molecule has 1 aromatic heterocycles. The number of carbonyl (C=O) groups is 1. The summed E-state index contributed by atoms with van der Waals surface area (Å²) in [5.74, 6) is 0.418. The number of ether oxygens (including phenoxy) is 2. The lowest BCUT2D eigenvalue weighted by Crippen LogP contribution is -2.05. The molecule has 2 rings (SSSR count). The highest BCUT2D eigenvalue weighted by atomic mass is 16.5. The molecule has 0 fully saturated rings. The van der Waals surface area contributed by atoms with Gasteiger partial charge in [0.1, 0.15) is 5.75 Å². The molecular formula is C16H17NO3. The van der Waals surface area contributed by atoms with Gasteiger partial charge < -0.3 is 9.47 Å². The molecule has 0 radical (unpaired) electrons. The van der Waals surface area contributed by atoms with Crippen LogP contribution in [0.3, 0.4) is 0 Å². The number of rotatable bonds is 6. The first-order valence-corrected chi connectivity index (χ1v) is 6.59. The van der Waals surface area contributed by atoms with E-state index in [1.807, 2.05) is 18.2 Å². The summed E-state index contributed by atoms with van der Waals surface area (Å²) in [5, 5.41) is 0. The molecule has 0 aliphatic carbocycles. The minimum atomic E-state index is -0.312. The Morgan fingerprint density at radius 3 is 2.60 bits per heavy atom. The Balaban J connectivity index is 1.83. The Bertz CT molecular complexity index is 537. The van der Waals surface area contributed by atoms with Gasteiger partial charge in [-0.05, 0) is 43.3 Å². The van der Waals surface area contributed by atoms with Crippen LogP contribution in [0.4, 0.5) is 0 Å². The molecule has 0 N–H and O–H groups in total. The number of pyridine rings is 1. The third-order valence-corrected chi connectivity index (χ3v) is 2.72. The summed E-state index contributed by atoms with van der Waals surface area (Å²) in [6.45, 7) is 2.71. The van der Waals surface area contributed by atoms with Crippen molar-refractivity contribution in [3.8, 4) is 5.75 Å². The molecule has 0 spiro atoms. The Morgan fingerprint density at radius 1 is 1.15 bits per heavy atom. The average molecular weight is 271 g/mol. The van der Waals surface area contributed by atoms with Crippen molar-refractivity contribution in [3.05, 3.63) is 59.9 Å². The van der Waals surface area contributed by atoms with Gasteiger partial charge in [-0.25, -0.2) is 4.79 Å². The maximum absolute atomic E-state index is 11.5. The van der Waals surface area contributed by atoms with E-state index in [0.29, 0.717) is 18.8 Å². The summed E-state index contributed by atoms with van der Waals surface area (Å²) in [7, 11) is 0. The third-order valence-electron chi connectivity index (χ3n) is 2.72. The molecule has 4 heteroatoms. The fraction of sp³-hybridized carbons (Fsp3) is 0.250. The summed E-state index contributed by atoms with van der Waals surface area (Å²) >= 11 is 0. The van der Waals surface area contributed by atoms with Crippen molar-refractivity contribution in [3.63, 3.8) is 0 Å². The van der Waals surface area contributed by atoms with Crippen molar-refractivity contribution in [2.24, 2.45) is 0 Å². The van der Waals surface area contributed by atoms with E-state index in [1.54, 1.807) is 37.4 Å². The highest BCUT2D eigenvalue weighted by Crippen LogP contribution is 2.13. The minimum Gasteiger partial charge on any atom is -0.493 e. The van der Waals surface area contributed by atoms with Gasteiger partial charge in [-0.1, -0.05) is 6.07 Å². The second kappa shape index (κ2) is 7.28. The molecular weight excluding hydrogens is 254 g/mol. The van der Waals surface area contributed by atoms with E-state index in [4.69, 9.17) is 9.47 Å². The van der Waals surface area contributed by atoms with Gasteiger partial charge in [0.25, 0.3) is 0 Å². The van der Waals surface area contributed by atoms with Crippen LogP contribution in [0.1, 0.15) is 23.0 Å². The zero-order valence-corrected chi connectivity index (χ0v) is 11.4. The van der Waals surface area contributed by atoms with Crippen molar-refractivity contribution in [1.29, 1.82) is 0 Å². The lowest BCUT2D eigenvalue weighted by Gasteiger charge is -2.07. The first-order chi connectivity index (χ1) is 9.79. The van der Waals surface area contributed by atoms with Gasteiger partial charge in [-0.2, -0.15) is 0 Å². The molecule has 0 unspecified atom stereocenters. The number of hydrogen-bond acceptors (Lipinski definition) is 4. The van der Waals surface area contributed by atoms with E-state index in [-0.39, 0.29) is 5.97 Å². The first-order valence-electron chi connectivity index (χ1n) is 6.59. The Kier molecular flexibility index (Phi) is 5.12. The second-order valence-corrected chi connectivity index (χ2v) is 4.16. The topological polar surface area (TPSA) is 48.4 Å². The molecule has 0 bridgehead atoms. The molecule has 20 heavy (non-hydrogen) atoms. The first kappa shape index (κ1) is 14.1. The maximum Gasteiger partial charge on any atom is 0.338 e. The zero-order chi connectivity index (χ0) is 14.2. The summed E-state index contributed by atoms with van der Waals surface area (Å²) in [6, 6.07) is 12.7. The van der Waals surface area contributed by atoms with Crippen molar-refractivity contribution >= 4 is 5.97 Å². The largest absolute Gasteiger partial charge is 0.493 e. The quantitative estimate of drug-likeness (QED) is 0.758. The number of hydrogen-bond donors (Lipinski definition) is 0. The summed E-state index contributed by atoms with van der Waals surface area (Å²) in [4.78, 5) is 15.7. The molecule has 0 aliphatic rings. The fourth-order valence-electron chi connectivity index (χ4n) is 1.72. The van der Waals surface area contributed by atoms with Crippen molar-refractivity contribution < 1.29 is 14.3 Å².